The Hall–Kier alpha value is -1.58. The highest BCUT2D eigenvalue weighted by Crippen LogP contribution is 2.15. The van der Waals surface area contributed by atoms with Crippen molar-refractivity contribution in [3.63, 3.8) is 0 Å². The number of benzene rings is 1. The van der Waals surface area contributed by atoms with Gasteiger partial charge in [-0.15, -0.1) is 0 Å². The zero-order valence-corrected chi connectivity index (χ0v) is 6.71. The van der Waals surface area contributed by atoms with Crippen LogP contribution in [0.25, 0.3) is 0 Å². The molecule has 0 heterocycles. The van der Waals surface area contributed by atoms with Gasteiger partial charge < -0.3 is 11.5 Å². The van der Waals surface area contributed by atoms with Crippen molar-refractivity contribution in [1.82, 2.24) is 0 Å². The molecule has 0 aliphatic heterocycles. The number of hydrogen-bond acceptors (Lipinski definition) is 1. The van der Waals surface area contributed by atoms with Crippen molar-refractivity contribution in [3.05, 3.63) is 29.6 Å². The molecule has 0 saturated carbocycles. The summed E-state index contributed by atoms with van der Waals surface area (Å²) in [7, 11) is 0. The van der Waals surface area contributed by atoms with Gasteiger partial charge in [-0.3, -0.25) is 0 Å². The second-order valence-corrected chi connectivity index (χ2v) is 2.47. The molecule has 0 amide bonds. The number of aryl methyl sites for hydroxylation is 1. The van der Waals surface area contributed by atoms with E-state index >= 15 is 0 Å². The van der Waals surface area contributed by atoms with Gasteiger partial charge in [-0.25, -0.2) is 9.38 Å². The fourth-order valence-corrected chi connectivity index (χ4v) is 0.800. The van der Waals surface area contributed by atoms with Crippen molar-refractivity contribution >= 4 is 11.6 Å². The van der Waals surface area contributed by atoms with E-state index < -0.39 is 0 Å². The lowest BCUT2D eigenvalue weighted by Crippen LogP contribution is -2.21. The van der Waals surface area contributed by atoms with Crippen LogP contribution in [0.15, 0.2) is 23.2 Å². The lowest BCUT2D eigenvalue weighted by Gasteiger charge is -1.97. The van der Waals surface area contributed by atoms with Crippen molar-refractivity contribution in [2.75, 3.05) is 0 Å². The van der Waals surface area contributed by atoms with Gasteiger partial charge in [-0.2, -0.15) is 0 Å². The van der Waals surface area contributed by atoms with Crippen LogP contribution in [0, 0.1) is 12.7 Å². The number of nitrogens with two attached hydrogens (primary N) is 2. The fourth-order valence-electron chi connectivity index (χ4n) is 0.800. The zero-order valence-electron chi connectivity index (χ0n) is 6.71. The van der Waals surface area contributed by atoms with Crippen LogP contribution in [0.1, 0.15) is 5.56 Å². The smallest absolute Gasteiger partial charge is 0.191 e. The average Bonchev–Trinajstić information content (AvgIpc) is 1.96. The molecule has 64 valence electrons. The summed E-state index contributed by atoms with van der Waals surface area (Å²) in [6.45, 7) is 1.68. The van der Waals surface area contributed by atoms with Crippen LogP contribution in [0.2, 0.25) is 0 Å². The van der Waals surface area contributed by atoms with Crippen molar-refractivity contribution in [2.45, 2.75) is 6.92 Å². The van der Waals surface area contributed by atoms with Gasteiger partial charge in [0.15, 0.2) is 5.96 Å². The van der Waals surface area contributed by atoms with Crippen molar-refractivity contribution in [1.29, 1.82) is 0 Å². The molecule has 0 radical (unpaired) electrons. The molecule has 3 nitrogen and oxygen atoms in total. The Kier molecular flexibility index (Phi) is 2.28. The van der Waals surface area contributed by atoms with E-state index in [0.717, 1.165) is 0 Å². The maximum Gasteiger partial charge on any atom is 0.191 e. The molecule has 0 unspecified atom stereocenters. The van der Waals surface area contributed by atoms with Crippen LogP contribution in [-0.2, 0) is 0 Å². The Bertz CT molecular complexity index is 316. The summed E-state index contributed by atoms with van der Waals surface area (Å²) in [6.07, 6.45) is 0. The molecule has 4 heteroatoms. The molecule has 1 aromatic rings. The first-order valence-electron chi connectivity index (χ1n) is 3.45. The van der Waals surface area contributed by atoms with E-state index in [0.29, 0.717) is 11.3 Å². The molecule has 0 fully saturated rings. The second kappa shape index (κ2) is 3.21. The number of rotatable bonds is 1. The second-order valence-electron chi connectivity index (χ2n) is 2.47. The quantitative estimate of drug-likeness (QED) is 0.484. The SMILES string of the molecule is Cc1ccc(N=C(N)N)cc1F. The number of nitrogens with zero attached hydrogens (tertiary/aromatic N) is 1. The van der Waals surface area contributed by atoms with Crippen LogP contribution in [-0.4, -0.2) is 5.96 Å². The summed E-state index contributed by atoms with van der Waals surface area (Å²) in [5.41, 5.74) is 11.2. The predicted octanol–water partition coefficient (Wildman–Crippen LogP) is 1.04. The molecule has 12 heavy (non-hydrogen) atoms. The standard InChI is InChI=1S/C8H10FN3/c1-5-2-3-6(4-7(5)9)12-8(10)11/h2-4H,1H3,(H4,10,11,12). The number of halogens is 1. The molecule has 0 aliphatic carbocycles. The topological polar surface area (TPSA) is 64.4 Å². The van der Waals surface area contributed by atoms with Crippen LogP contribution in [0.5, 0.6) is 0 Å². The molecule has 0 atom stereocenters. The molecule has 0 bridgehead atoms. The van der Waals surface area contributed by atoms with E-state index in [1.165, 1.54) is 6.07 Å². The Balaban J connectivity index is 3.05. The third kappa shape index (κ3) is 1.95. The molecule has 1 aromatic carbocycles. The highest BCUT2D eigenvalue weighted by atomic mass is 19.1. The minimum Gasteiger partial charge on any atom is -0.370 e. The van der Waals surface area contributed by atoms with E-state index in [2.05, 4.69) is 4.99 Å². The third-order valence-electron chi connectivity index (χ3n) is 1.41. The number of aliphatic imine (C=N–C) groups is 1. The highest BCUT2D eigenvalue weighted by Gasteiger charge is 1.97. The maximum absolute atomic E-state index is 12.9. The summed E-state index contributed by atoms with van der Waals surface area (Å²) < 4.78 is 12.9. The Morgan fingerprint density at radius 3 is 2.58 bits per heavy atom. The summed E-state index contributed by atoms with van der Waals surface area (Å²) in [4.78, 5) is 3.69. The Morgan fingerprint density at radius 1 is 1.42 bits per heavy atom. The minimum atomic E-state index is -0.308. The molecular weight excluding hydrogens is 157 g/mol. The van der Waals surface area contributed by atoms with Gasteiger partial charge in [-0.1, -0.05) is 6.07 Å². The first-order chi connectivity index (χ1) is 5.59. The van der Waals surface area contributed by atoms with E-state index in [9.17, 15) is 4.39 Å². The number of guanidine groups is 1. The molecule has 0 aliphatic rings. The lowest BCUT2D eigenvalue weighted by molar-refractivity contribution is 0.619. The summed E-state index contributed by atoms with van der Waals surface area (Å²) in [6, 6.07) is 4.56. The lowest BCUT2D eigenvalue weighted by atomic mass is 10.2. The van der Waals surface area contributed by atoms with Gasteiger partial charge in [0.2, 0.25) is 0 Å². The van der Waals surface area contributed by atoms with Gasteiger partial charge in [0.25, 0.3) is 0 Å². The van der Waals surface area contributed by atoms with Crippen molar-refractivity contribution in [2.24, 2.45) is 16.5 Å². The van der Waals surface area contributed by atoms with Crippen LogP contribution >= 0.6 is 0 Å². The Morgan fingerprint density at radius 2 is 2.08 bits per heavy atom. The molecule has 0 saturated heterocycles. The molecule has 0 aromatic heterocycles. The minimum absolute atomic E-state index is 0.0711. The predicted molar refractivity (Wildman–Crippen MR) is 46.6 cm³/mol. The molecule has 4 N–H and O–H groups in total. The maximum atomic E-state index is 12.9. The van der Waals surface area contributed by atoms with Gasteiger partial charge in [0.1, 0.15) is 5.82 Å². The average molecular weight is 167 g/mol. The normalized spacial score (nSPS) is 9.50. The van der Waals surface area contributed by atoms with E-state index in [4.69, 9.17) is 11.5 Å². The van der Waals surface area contributed by atoms with Crippen molar-refractivity contribution < 1.29 is 4.39 Å². The molecular formula is C8H10FN3. The first-order valence-corrected chi connectivity index (χ1v) is 3.45. The van der Waals surface area contributed by atoms with Gasteiger partial charge >= 0.3 is 0 Å². The zero-order chi connectivity index (χ0) is 9.14. The summed E-state index contributed by atoms with van der Waals surface area (Å²) >= 11 is 0. The molecule has 1 rings (SSSR count). The first kappa shape index (κ1) is 8.52. The van der Waals surface area contributed by atoms with Crippen LogP contribution in [0.4, 0.5) is 10.1 Å². The summed E-state index contributed by atoms with van der Waals surface area (Å²) in [5, 5.41) is 0. The van der Waals surface area contributed by atoms with Crippen molar-refractivity contribution in [3.8, 4) is 0 Å². The van der Waals surface area contributed by atoms with Gasteiger partial charge in [0, 0.05) is 0 Å². The highest BCUT2D eigenvalue weighted by molar-refractivity contribution is 5.78. The number of hydrogen-bond donors (Lipinski definition) is 2. The molecule has 0 spiro atoms. The van der Waals surface area contributed by atoms with E-state index in [-0.39, 0.29) is 11.8 Å². The largest absolute Gasteiger partial charge is 0.370 e. The Labute approximate surface area is 69.9 Å². The van der Waals surface area contributed by atoms with Crippen LogP contribution in [0.3, 0.4) is 0 Å². The van der Waals surface area contributed by atoms with E-state index in [1.54, 1.807) is 19.1 Å². The van der Waals surface area contributed by atoms with Crippen LogP contribution < -0.4 is 11.5 Å². The summed E-state index contributed by atoms with van der Waals surface area (Å²) in [5.74, 6) is -0.379. The van der Waals surface area contributed by atoms with Gasteiger partial charge in [0.05, 0.1) is 5.69 Å². The van der Waals surface area contributed by atoms with E-state index in [1.807, 2.05) is 0 Å². The monoisotopic (exact) mass is 167 g/mol. The third-order valence-corrected chi connectivity index (χ3v) is 1.41. The fraction of sp³-hybridized carbons (Fsp3) is 0.125. The van der Waals surface area contributed by atoms with Gasteiger partial charge in [-0.05, 0) is 24.6 Å².